The minimum atomic E-state index is 0.579. The third kappa shape index (κ3) is 5.04. The molecule has 0 saturated heterocycles. The summed E-state index contributed by atoms with van der Waals surface area (Å²) in [5.74, 6) is 0.955. The molecule has 2 heteroatoms. The van der Waals surface area contributed by atoms with Crippen molar-refractivity contribution < 1.29 is 4.74 Å². The number of ether oxygens (including phenoxy) is 1. The number of hydrogen-bond donors (Lipinski definition) is 1. The third-order valence-electron chi connectivity index (χ3n) is 5.25. The second kappa shape index (κ2) is 9.40. The van der Waals surface area contributed by atoms with E-state index in [2.05, 4.69) is 103 Å². The zero-order valence-electron chi connectivity index (χ0n) is 16.9. The van der Waals surface area contributed by atoms with E-state index in [1.165, 1.54) is 33.0 Å². The first kappa shape index (κ1) is 19.2. The second-order valence-electron chi connectivity index (χ2n) is 7.45. The molecule has 4 aromatic rings. The van der Waals surface area contributed by atoms with Crippen molar-refractivity contribution in [3.05, 3.63) is 113 Å². The van der Waals surface area contributed by atoms with Crippen molar-refractivity contribution in [3.63, 3.8) is 0 Å². The topological polar surface area (TPSA) is 21.3 Å². The van der Waals surface area contributed by atoms with Crippen LogP contribution in [0.15, 0.2) is 91.0 Å². The summed E-state index contributed by atoms with van der Waals surface area (Å²) in [4.78, 5) is 0. The van der Waals surface area contributed by atoms with Crippen LogP contribution in [0.3, 0.4) is 0 Å². The van der Waals surface area contributed by atoms with Gasteiger partial charge in [0.15, 0.2) is 0 Å². The molecular formula is C27H27NO. The molecule has 0 aliphatic heterocycles. The van der Waals surface area contributed by atoms with Gasteiger partial charge in [-0.3, -0.25) is 0 Å². The highest BCUT2D eigenvalue weighted by Crippen LogP contribution is 2.29. The minimum absolute atomic E-state index is 0.579. The van der Waals surface area contributed by atoms with Crippen molar-refractivity contribution in [1.82, 2.24) is 5.32 Å². The largest absolute Gasteiger partial charge is 0.489 e. The van der Waals surface area contributed by atoms with Gasteiger partial charge in [-0.15, -0.1) is 0 Å². The lowest BCUT2D eigenvalue weighted by Gasteiger charge is -2.15. The van der Waals surface area contributed by atoms with Crippen molar-refractivity contribution in [2.75, 3.05) is 6.54 Å². The fourth-order valence-electron chi connectivity index (χ4n) is 3.57. The molecule has 0 radical (unpaired) electrons. The Labute approximate surface area is 173 Å². The van der Waals surface area contributed by atoms with Crippen LogP contribution < -0.4 is 10.1 Å². The van der Waals surface area contributed by atoms with E-state index in [-0.39, 0.29) is 0 Å². The summed E-state index contributed by atoms with van der Waals surface area (Å²) in [6, 6.07) is 31.9. The summed E-state index contributed by atoms with van der Waals surface area (Å²) < 4.78 is 6.25. The molecule has 2 nitrogen and oxygen atoms in total. The van der Waals surface area contributed by atoms with E-state index in [9.17, 15) is 0 Å². The zero-order valence-corrected chi connectivity index (χ0v) is 16.9. The Kier molecular flexibility index (Phi) is 6.23. The maximum Gasteiger partial charge on any atom is 0.124 e. The van der Waals surface area contributed by atoms with E-state index < -0.39 is 0 Å². The van der Waals surface area contributed by atoms with Crippen LogP contribution in [0, 0.1) is 6.92 Å². The molecular weight excluding hydrogens is 354 g/mol. The van der Waals surface area contributed by atoms with Crippen LogP contribution >= 0.6 is 0 Å². The Morgan fingerprint density at radius 3 is 2.31 bits per heavy atom. The highest BCUT2D eigenvalue weighted by molar-refractivity contribution is 5.87. The predicted molar refractivity (Wildman–Crippen MR) is 121 cm³/mol. The third-order valence-corrected chi connectivity index (χ3v) is 5.25. The lowest BCUT2D eigenvalue weighted by molar-refractivity contribution is 0.303. The number of nitrogens with one attached hydrogen (secondary N) is 1. The molecule has 0 atom stereocenters. The average molecular weight is 382 g/mol. The predicted octanol–water partition coefficient (Wildman–Crippen LogP) is 6.06. The SMILES string of the molecule is Cc1ccc(COc2ccc3ccccc3c2CNCCc2ccccc2)cc1. The monoisotopic (exact) mass is 381 g/mol. The lowest BCUT2D eigenvalue weighted by Crippen LogP contribution is -2.17. The average Bonchev–Trinajstić information content (AvgIpc) is 2.77. The van der Waals surface area contributed by atoms with Crippen LogP contribution in [0.25, 0.3) is 10.8 Å². The Morgan fingerprint density at radius 1 is 0.724 bits per heavy atom. The second-order valence-corrected chi connectivity index (χ2v) is 7.45. The number of rotatable bonds is 8. The Hall–Kier alpha value is -3.10. The highest BCUT2D eigenvalue weighted by Gasteiger charge is 2.09. The molecule has 0 aliphatic rings. The van der Waals surface area contributed by atoms with Crippen LogP contribution in [0.2, 0.25) is 0 Å². The summed E-state index contributed by atoms with van der Waals surface area (Å²) >= 11 is 0. The number of fused-ring (bicyclic) bond motifs is 1. The van der Waals surface area contributed by atoms with Crippen LogP contribution in [0.5, 0.6) is 5.75 Å². The molecule has 4 rings (SSSR count). The fraction of sp³-hybridized carbons (Fsp3) is 0.185. The van der Waals surface area contributed by atoms with Gasteiger partial charge in [0.2, 0.25) is 0 Å². The van der Waals surface area contributed by atoms with Gasteiger partial charge in [0.1, 0.15) is 12.4 Å². The molecule has 0 aromatic heterocycles. The standard InChI is InChI=1S/C27H27NO/c1-21-11-13-23(14-12-21)20-29-27-16-15-24-9-5-6-10-25(24)26(27)19-28-18-17-22-7-3-2-4-8-22/h2-16,28H,17-20H2,1H3. The number of benzene rings is 4. The molecule has 0 heterocycles. The van der Waals surface area contributed by atoms with Crippen molar-refractivity contribution in [3.8, 4) is 5.75 Å². The molecule has 0 amide bonds. The van der Waals surface area contributed by atoms with E-state index in [1.807, 2.05) is 0 Å². The molecule has 0 aliphatic carbocycles. The first-order valence-corrected chi connectivity index (χ1v) is 10.2. The van der Waals surface area contributed by atoms with Crippen molar-refractivity contribution in [1.29, 1.82) is 0 Å². The highest BCUT2D eigenvalue weighted by atomic mass is 16.5. The summed E-state index contributed by atoms with van der Waals surface area (Å²) in [5, 5.41) is 6.10. The Morgan fingerprint density at radius 2 is 1.48 bits per heavy atom. The lowest BCUT2D eigenvalue weighted by atomic mass is 10.0. The number of hydrogen-bond acceptors (Lipinski definition) is 2. The molecule has 0 fully saturated rings. The van der Waals surface area contributed by atoms with Gasteiger partial charge >= 0.3 is 0 Å². The molecule has 146 valence electrons. The summed E-state index contributed by atoms with van der Waals surface area (Å²) in [6.45, 7) is 4.41. The van der Waals surface area contributed by atoms with Crippen molar-refractivity contribution in [2.24, 2.45) is 0 Å². The molecule has 1 N–H and O–H groups in total. The van der Waals surface area contributed by atoms with Crippen molar-refractivity contribution in [2.45, 2.75) is 26.5 Å². The smallest absolute Gasteiger partial charge is 0.124 e. The first-order valence-electron chi connectivity index (χ1n) is 10.2. The summed E-state index contributed by atoms with van der Waals surface area (Å²) in [7, 11) is 0. The molecule has 0 unspecified atom stereocenters. The molecule has 29 heavy (non-hydrogen) atoms. The van der Waals surface area contributed by atoms with Gasteiger partial charge in [0.25, 0.3) is 0 Å². The normalized spacial score (nSPS) is 10.9. The van der Waals surface area contributed by atoms with E-state index in [1.54, 1.807) is 0 Å². The van der Waals surface area contributed by atoms with E-state index >= 15 is 0 Å². The fourth-order valence-corrected chi connectivity index (χ4v) is 3.57. The molecule has 0 spiro atoms. The first-order chi connectivity index (χ1) is 14.3. The van der Waals surface area contributed by atoms with Gasteiger partial charge in [-0.25, -0.2) is 0 Å². The molecule has 4 aromatic carbocycles. The van der Waals surface area contributed by atoms with Crippen LogP contribution in [0.4, 0.5) is 0 Å². The Balaban J connectivity index is 1.48. The van der Waals surface area contributed by atoms with Crippen LogP contribution in [-0.2, 0) is 19.6 Å². The van der Waals surface area contributed by atoms with Gasteiger partial charge in [-0.1, -0.05) is 90.5 Å². The minimum Gasteiger partial charge on any atom is -0.489 e. The maximum absolute atomic E-state index is 6.25. The van der Waals surface area contributed by atoms with E-state index in [4.69, 9.17) is 4.74 Å². The molecule has 0 bridgehead atoms. The summed E-state index contributed by atoms with van der Waals surface area (Å²) in [6.07, 6.45) is 1.02. The number of aryl methyl sites for hydroxylation is 1. The van der Waals surface area contributed by atoms with Gasteiger partial charge in [-0.2, -0.15) is 0 Å². The zero-order chi connectivity index (χ0) is 19.9. The van der Waals surface area contributed by atoms with Gasteiger partial charge in [0.05, 0.1) is 0 Å². The van der Waals surface area contributed by atoms with Gasteiger partial charge < -0.3 is 10.1 Å². The van der Waals surface area contributed by atoms with Crippen LogP contribution in [-0.4, -0.2) is 6.54 Å². The van der Waals surface area contributed by atoms with Crippen molar-refractivity contribution >= 4 is 10.8 Å². The van der Waals surface area contributed by atoms with E-state index in [0.717, 1.165) is 25.3 Å². The quantitative estimate of drug-likeness (QED) is 0.375. The summed E-state index contributed by atoms with van der Waals surface area (Å²) in [5.41, 5.74) is 5.03. The van der Waals surface area contributed by atoms with Gasteiger partial charge in [-0.05, 0) is 47.9 Å². The maximum atomic E-state index is 6.25. The molecule has 0 saturated carbocycles. The van der Waals surface area contributed by atoms with Crippen LogP contribution in [0.1, 0.15) is 22.3 Å². The van der Waals surface area contributed by atoms with E-state index in [0.29, 0.717) is 6.61 Å². The Bertz CT molecular complexity index is 1050. The van der Waals surface area contributed by atoms with Gasteiger partial charge in [0, 0.05) is 12.1 Å².